The average Bonchev–Trinajstić information content (AvgIpc) is 3.71. The molecule has 0 radical (unpaired) electrons. The number of carbonyl (C=O) groups excluding carboxylic acids is 2. The van der Waals surface area contributed by atoms with E-state index < -0.39 is 0 Å². The Hall–Kier alpha value is -3.85. The summed E-state index contributed by atoms with van der Waals surface area (Å²) in [5, 5.41) is 2.91. The van der Waals surface area contributed by atoms with Crippen molar-refractivity contribution in [3.05, 3.63) is 71.1 Å². The molecule has 38 heavy (non-hydrogen) atoms. The van der Waals surface area contributed by atoms with Crippen LogP contribution in [-0.2, 0) is 16.1 Å². The van der Waals surface area contributed by atoms with Crippen LogP contribution in [-0.4, -0.2) is 53.1 Å². The van der Waals surface area contributed by atoms with Gasteiger partial charge in [0.25, 0.3) is 5.91 Å². The molecule has 0 unspecified atom stereocenters. The normalized spacial score (nSPS) is 14.0. The first kappa shape index (κ1) is 25.8. The number of aromatic nitrogens is 2. The third-order valence-corrected chi connectivity index (χ3v) is 7.89. The van der Waals surface area contributed by atoms with Crippen molar-refractivity contribution in [2.75, 3.05) is 26.8 Å². The molecule has 0 atom stereocenters. The van der Waals surface area contributed by atoms with Crippen molar-refractivity contribution in [2.45, 2.75) is 33.2 Å². The number of esters is 1. The lowest BCUT2D eigenvalue weighted by molar-refractivity contribution is -0.149. The van der Waals surface area contributed by atoms with Crippen molar-refractivity contribution in [1.29, 1.82) is 0 Å². The summed E-state index contributed by atoms with van der Waals surface area (Å²) in [7, 11) is 1.65. The number of piperidine rings is 1. The van der Waals surface area contributed by atoms with Crippen LogP contribution in [0.25, 0.3) is 22.0 Å². The molecular weight excluding hydrogens is 502 g/mol. The predicted molar refractivity (Wildman–Crippen MR) is 145 cm³/mol. The summed E-state index contributed by atoms with van der Waals surface area (Å²) in [5.41, 5.74) is 4.16. The van der Waals surface area contributed by atoms with E-state index in [-0.39, 0.29) is 17.8 Å². The first-order chi connectivity index (χ1) is 18.5. The van der Waals surface area contributed by atoms with Gasteiger partial charge in [-0.1, -0.05) is 0 Å². The highest BCUT2D eigenvalue weighted by Gasteiger charge is 2.31. The molecule has 3 aromatic heterocycles. The minimum absolute atomic E-state index is 0.0325. The fourth-order valence-corrected chi connectivity index (χ4v) is 5.66. The van der Waals surface area contributed by atoms with E-state index in [0.29, 0.717) is 44.6 Å². The maximum atomic E-state index is 13.7. The second-order valence-electron chi connectivity index (χ2n) is 9.28. The van der Waals surface area contributed by atoms with Crippen LogP contribution in [0.4, 0.5) is 0 Å². The number of carbonyl (C=O) groups is 2. The standard InChI is InChI=1S/C29H31N3O5S/c1-4-36-29(34)21-11-13-31(14-12-21)28(33)24-16-26(32(19(24)2)17-23-6-5-15-37-23)25-18-38-27(30-25)20-7-9-22(35-3)10-8-20/h5-10,15-16,18,21H,4,11-14,17H2,1-3H3. The number of furan rings is 1. The van der Waals surface area contributed by atoms with Gasteiger partial charge in [0, 0.05) is 29.7 Å². The number of likely N-dealkylation sites (tertiary alicyclic amines) is 1. The molecule has 1 aliphatic rings. The molecule has 0 bridgehead atoms. The summed E-state index contributed by atoms with van der Waals surface area (Å²) in [6.07, 6.45) is 2.88. The van der Waals surface area contributed by atoms with Gasteiger partial charge in [-0.15, -0.1) is 11.3 Å². The lowest BCUT2D eigenvalue weighted by Crippen LogP contribution is -2.40. The third kappa shape index (κ3) is 5.24. The largest absolute Gasteiger partial charge is 0.497 e. The molecule has 0 aliphatic carbocycles. The van der Waals surface area contributed by atoms with Crippen LogP contribution >= 0.6 is 11.3 Å². The highest BCUT2D eigenvalue weighted by molar-refractivity contribution is 7.13. The molecule has 1 aliphatic heterocycles. The highest BCUT2D eigenvalue weighted by atomic mass is 32.1. The lowest BCUT2D eigenvalue weighted by atomic mass is 9.96. The minimum atomic E-state index is -0.168. The summed E-state index contributed by atoms with van der Waals surface area (Å²) in [6, 6.07) is 13.5. The van der Waals surface area contributed by atoms with Gasteiger partial charge in [0.15, 0.2) is 0 Å². The van der Waals surface area contributed by atoms with E-state index in [2.05, 4.69) is 4.57 Å². The fourth-order valence-electron chi connectivity index (χ4n) is 4.84. The van der Waals surface area contributed by atoms with Gasteiger partial charge in [-0.2, -0.15) is 0 Å². The Morgan fingerprint density at radius 2 is 1.92 bits per heavy atom. The molecule has 9 heteroatoms. The quantitative estimate of drug-likeness (QED) is 0.272. The Kier molecular flexibility index (Phi) is 7.64. The third-order valence-electron chi connectivity index (χ3n) is 7.00. The number of nitrogens with zero attached hydrogens (tertiary/aromatic N) is 3. The van der Waals surface area contributed by atoms with Crippen molar-refractivity contribution in [1.82, 2.24) is 14.5 Å². The van der Waals surface area contributed by atoms with Gasteiger partial charge < -0.3 is 23.4 Å². The van der Waals surface area contributed by atoms with Crippen molar-refractivity contribution in [3.63, 3.8) is 0 Å². The maximum Gasteiger partial charge on any atom is 0.309 e. The van der Waals surface area contributed by atoms with E-state index in [1.807, 2.05) is 66.6 Å². The number of benzene rings is 1. The number of ether oxygens (including phenoxy) is 2. The smallest absolute Gasteiger partial charge is 0.309 e. The molecule has 8 nitrogen and oxygen atoms in total. The molecule has 4 aromatic rings. The van der Waals surface area contributed by atoms with Gasteiger partial charge in [0.1, 0.15) is 16.5 Å². The van der Waals surface area contributed by atoms with Crippen molar-refractivity contribution >= 4 is 23.2 Å². The van der Waals surface area contributed by atoms with Crippen LogP contribution in [0.3, 0.4) is 0 Å². The number of rotatable bonds is 8. The number of thiazole rings is 1. The Bertz CT molecular complexity index is 1400. The maximum absolute atomic E-state index is 13.7. The zero-order valence-electron chi connectivity index (χ0n) is 21.8. The average molecular weight is 534 g/mol. The van der Waals surface area contributed by atoms with Gasteiger partial charge in [-0.05, 0) is 69.2 Å². The first-order valence-corrected chi connectivity index (χ1v) is 13.6. The molecule has 4 heterocycles. The van der Waals surface area contributed by atoms with Gasteiger partial charge in [-0.25, -0.2) is 4.98 Å². The number of hydrogen-bond acceptors (Lipinski definition) is 7. The SMILES string of the molecule is CCOC(=O)C1CCN(C(=O)c2cc(-c3csc(-c4ccc(OC)cc4)n3)n(Cc3ccco3)c2C)CC1. The Morgan fingerprint density at radius 3 is 2.58 bits per heavy atom. The zero-order chi connectivity index (χ0) is 26.6. The molecule has 1 amide bonds. The van der Waals surface area contributed by atoms with Gasteiger partial charge in [-0.3, -0.25) is 9.59 Å². The van der Waals surface area contributed by atoms with Crippen molar-refractivity contribution in [2.24, 2.45) is 5.92 Å². The van der Waals surface area contributed by atoms with Crippen LogP contribution in [0.5, 0.6) is 5.75 Å². The Labute approximate surface area is 225 Å². The molecule has 0 saturated carbocycles. The zero-order valence-corrected chi connectivity index (χ0v) is 22.6. The van der Waals surface area contributed by atoms with E-state index in [4.69, 9.17) is 18.9 Å². The van der Waals surface area contributed by atoms with Crippen LogP contribution in [0.1, 0.15) is 41.6 Å². The summed E-state index contributed by atoms with van der Waals surface area (Å²) < 4.78 is 18.2. The summed E-state index contributed by atoms with van der Waals surface area (Å²) in [6.45, 7) is 5.69. The van der Waals surface area contributed by atoms with Crippen LogP contribution < -0.4 is 4.74 Å². The van der Waals surface area contributed by atoms with Crippen molar-refractivity contribution in [3.8, 4) is 27.7 Å². The molecular formula is C29H31N3O5S. The minimum Gasteiger partial charge on any atom is -0.497 e. The Balaban J connectivity index is 1.43. The number of methoxy groups -OCH3 is 1. The van der Waals surface area contributed by atoms with E-state index in [1.54, 1.807) is 24.7 Å². The molecule has 0 spiro atoms. The van der Waals surface area contributed by atoms with E-state index >= 15 is 0 Å². The predicted octanol–water partition coefficient (Wildman–Crippen LogP) is 5.65. The Morgan fingerprint density at radius 1 is 1.16 bits per heavy atom. The highest BCUT2D eigenvalue weighted by Crippen LogP contribution is 2.33. The lowest BCUT2D eigenvalue weighted by Gasteiger charge is -2.31. The van der Waals surface area contributed by atoms with Crippen LogP contribution in [0, 0.1) is 12.8 Å². The van der Waals surface area contributed by atoms with Crippen LogP contribution in [0.2, 0.25) is 0 Å². The van der Waals surface area contributed by atoms with Gasteiger partial charge >= 0.3 is 5.97 Å². The van der Waals surface area contributed by atoms with Crippen LogP contribution in [0.15, 0.2) is 58.5 Å². The second kappa shape index (κ2) is 11.3. The molecule has 0 N–H and O–H groups in total. The fraction of sp³-hybridized carbons (Fsp3) is 0.345. The second-order valence-corrected chi connectivity index (χ2v) is 10.1. The number of hydrogen-bond donors (Lipinski definition) is 0. The molecule has 1 saturated heterocycles. The van der Waals surface area contributed by atoms with E-state index in [1.165, 1.54) is 0 Å². The molecule has 5 rings (SSSR count). The summed E-state index contributed by atoms with van der Waals surface area (Å²) in [4.78, 5) is 32.5. The van der Waals surface area contributed by atoms with E-state index in [0.717, 1.165) is 39.2 Å². The van der Waals surface area contributed by atoms with Crippen molar-refractivity contribution < 1.29 is 23.5 Å². The molecule has 1 fully saturated rings. The monoisotopic (exact) mass is 533 g/mol. The summed E-state index contributed by atoms with van der Waals surface area (Å²) >= 11 is 1.56. The molecule has 198 valence electrons. The number of amides is 1. The van der Waals surface area contributed by atoms with Gasteiger partial charge in [0.05, 0.1) is 49.4 Å². The molecule has 1 aromatic carbocycles. The van der Waals surface area contributed by atoms with E-state index in [9.17, 15) is 9.59 Å². The topological polar surface area (TPSA) is 86.8 Å². The van der Waals surface area contributed by atoms with Gasteiger partial charge in [0.2, 0.25) is 0 Å². The summed E-state index contributed by atoms with van der Waals surface area (Å²) in [5.74, 6) is 1.24. The first-order valence-electron chi connectivity index (χ1n) is 12.8.